The normalized spacial score (nSPS) is 33.5. The standard InChI is InChI=1S/C14H23N3O2/c15-14(10-5-6-19-8-10)13-7-16-9-17(13)11-1-3-12(18)4-2-11/h7,9-12,14,18H,1-6,8,15H2. The third-order valence-corrected chi connectivity index (χ3v) is 4.57. The quantitative estimate of drug-likeness (QED) is 0.866. The van der Waals surface area contributed by atoms with Crippen molar-refractivity contribution in [3.05, 3.63) is 18.2 Å². The molecule has 2 fully saturated rings. The number of hydrogen-bond acceptors (Lipinski definition) is 4. The van der Waals surface area contributed by atoms with Crippen molar-refractivity contribution in [2.45, 2.75) is 50.3 Å². The number of aliphatic hydroxyl groups is 1. The fourth-order valence-corrected chi connectivity index (χ4v) is 3.29. The first-order chi connectivity index (χ1) is 9.25. The number of aliphatic hydroxyl groups excluding tert-OH is 1. The van der Waals surface area contributed by atoms with E-state index in [-0.39, 0.29) is 12.1 Å². The molecule has 19 heavy (non-hydrogen) atoms. The van der Waals surface area contributed by atoms with Crippen LogP contribution in [0.1, 0.15) is 49.9 Å². The largest absolute Gasteiger partial charge is 0.393 e. The van der Waals surface area contributed by atoms with E-state index in [2.05, 4.69) is 9.55 Å². The van der Waals surface area contributed by atoms with E-state index in [1.54, 1.807) is 0 Å². The maximum atomic E-state index is 9.61. The Balaban J connectivity index is 1.74. The van der Waals surface area contributed by atoms with Gasteiger partial charge in [0.25, 0.3) is 0 Å². The van der Waals surface area contributed by atoms with Crippen molar-refractivity contribution in [2.75, 3.05) is 13.2 Å². The van der Waals surface area contributed by atoms with Gasteiger partial charge in [0.2, 0.25) is 0 Å². The lowest BCUT2D eigenvalue weighted by Crippen LogP contribution is -2.27. The lowest BCUT2D eigenvalue weighted by atomic mass is 9.91. The summed E-state index contributed by atoms with van der Waals surface area (Å²) in [4.78, 5) is 4.29. The third-order valence-electron chi connectivity index (χ3n) is 4.57. The summed E-state index contributed by atoms with van der Waals surface area (Å²) in [7, 11) is 0. The predicted octanol–water partition coefficient (Wildman–Crippen LogP) is 1.40. The van der Waals surface area contributed by atoms with Crippen LogP contribution in [0.3, 0.4) is 0 Å². The van der Waals surface area contributed by atoms with E-state index in [1.165, 1.54) is 0 Å². The molecule has 3 N–H and O–H groups in total. The van der Waals surface area contributed by atoms with Crippen LogP contribution in [0, 0.1) is 5.92 Å². The second kappa shape index (κ2) is 5.61. The zero-order valence-electron chi connectivity index (χ0n) is 11.2. The molecule has 0 radical (unpaired) electrons. The summed E-state index contributed by atoms with van der Waals surface area (Å²) in [5, 5.41) is 9.61. The van der Waals surface area contributed by atoms with Crippen LogP contribution in [0.25, 0.3) is 0 Å². The molecule has 5 heteroatoms. The number of imidazole rings is 1. The van der Waals surface area contributed by atoms with Crippen molar-refractivity contribution in [2.24, 2.45) is 11.7 Å². The molecule has 5 nitrogen and oxygen atoms in total. The highest BCUT2D eigenvalue weighted by atomic mass is 16.5. The van der Waals surface area contributed by atoms with E-state index in [9.17, 15) is 5.11 Å². The minimum atomic E-state index is -0.125. The summed E-state index contributed by atoms with van der Waals surface area (Å²) in [5.74, 6) is 0.407. The highest BCUT2D eigenvalue weighted by molar-refractivity contribution is 5.09. The lowest BCUT2D eigenvalue weighted by Gasteiger charge is -2.29. The van der Waals surface area contributed by atoms with Crippen LogP contribution >= 0.6 is 0 Å². The van der Waals surface area contributed by atoms with Crippen LogP contribution in [-0.2, 0) is 4.74 Å². The molecule has 1 saturated carbocycles. The Bertz CT molecular complexity index is 407. The second-order valence-electron chi connectivity index (χ2n) is 5.84. The van der Waals surface area contributed by atoms with Gasteiger partial charge in [0.15, 0.2) is 0 Å². The fraction of sp³-hybridized carbons (Fsp3) is 0.786. The fourth-order valence-electron chi connectivity index (χ4n) is 3.29. The van der Waals surface area contributed by atoms with Gasteiger partial charge in [-0.2, -0.15) is 0 Å². The van der Waals surface area contributed by atoms with Gasteiger partial charge in [-0.3, -0.25) is 0 Å². The van der Waals surface area contributed by atoms with Crippen LogP contribution in [0.2, 0.25) is 0 Å². The molecule has 2 unspecified atom stereocenters. The first kappa shape index (κ1) is 13.1. The van der Waals surface area contributed by atoms with Crippen molar-refractivity contribution in [1.29, 1.82) is 0 Å². The molecule has 3 rings (SSSR count). The minimum Gasteiger partial charge on any atom is -0.393 e. The molecule has 2 aliphatic rings. The first-order valence-electron chi connectivity index (χ1n) is 7.29. The van der Waals surface area contributed by atoms with Gasteiger partial charge < -0.3 is 20.1 Å². The van der Waals surface area contributed by atoms with E-state index in [1.807, 2.05) is 12.5 Å². The van der Waals surface area contributed by atoms with Crippen LogP contribution in [0.4, 0.5) is 0 Å². The van der Waals surface area contributed by atoms with E-state index >= 15 is 0 Å². The lowest BCUT2D eigenvalue weighted by molar-refractivity contribution is 0.109. The van der Waals surface area contributed by atoms with Gasteiger partial charge in [-0.15, -0.1) is 0 Å². The molecule has 2 atom stereocenters. The molecular formula is C14H23N3O2. The van der Waals surface area contributed by atoms with Gasteiger partial charge in [0.05, 0.1) is 30.8 Å². The van der Waals surface area contributed by atoms with Crippen molar-refractivity contribution >= 4 is 0 Å². The monoisotopic (exact) mass is 265 g/mol. The van der Waals surface area contributed by atoms with Crippen LogP contribution in [0.15, 0.2) is 12.5 Å². The minimum absolute atomic E-state index is 0.0110. The topological polar surface area (TPSA) is 73.3 Å². The molecule has 1 aromatic heterocycles. The molecule has 106 valence electrons. The zero-order valence-corrected chi connectivity index (χ0v) is 11.2. The van der Waals surface area contributed by atoms with E-state index in [0.717, 1.165) is 51.0 Å². The van der Waals surface area contributed by atoms with Gasteiger partial charge in [-0.25, -0.2) is 4.98 Å². The Kier molecular flexibility index (Phi) is 3.86. The number of ether oxygens (including phenoxy) is 1. The number of aromatic nitrogens is 2. The van der Waals surface area contributed by atoms with Crippen molar-refractivity contribution < 1.29 is 9.84 Å². The van der Waals surface area contributed by atoms with Gasteiger partial charge in [-0.1, -0.05) is 0 Å². The number of hydrogen-bond donors (Lipinski definition) is 2. The second-order valence-corrected chi connectivity index (χ2v) is 5.84. The average Bonchev–Trinajstić information content (AvgIpc) is 3.10. The predicted molar refractivity (Wildman–Crippen MR) is 71.6 cm³/mol. The Morgan fingerprint density at radius 3 is 2.79 bits per heavy atom. The summed E-state index contributed by atoms with van der Waals surface area (Å²) >= 11 is 0. The molecule has 1 aromatic rings. The highest BCUT2D eigenvalue weighted by Crippen LogP contribution is 2.33. The maximum absolute atomic E-state index is 9.61. The molecule has 0 aromatic carbocycles. The zero-order chi connectivity index (χ0) is 13.2. The summed E-state index contributed by atoms with van der Waals surface area (Å²) in [5.41, 5.74) is 7.51. The molecule has 0 amide bonds. The highest BCUT2D eigenvalue weighted by Gasteiger charge is 2.29. The maximum Gasteiger partial charge on any atom is 0.0951 e. The van der Waals surface area contributed by atoms with Crippen LogP contribution < -0.4 is 5.73 Å². The summed E-state index contributed by atoms with van der Waals surface area (Å²) in [6, 6.07) is 0.450. The van der Waals surface area contributed by atoms with Crippen LogP contribution in [0.5, 0.6) is 0 Å². The van der Waals surface area contributed by atoms with E-state index < -0.39 is 0 Å². The van der Waals surface area contributed by atoms with Gasteiger partial charge >= 0.3 is 0 Å². The Hall–Kier alpha value is -0.910. The summed E-state index contributed by atoms with van der Waals surface area (Å²) < 4.78 is 7.66. The van der Waals surface area contributed by atoms with E-state index in [4.69, 9.17) is 10.5 Å². The number of rotatable bonds is 3. The molecule has 2 heterocycles. The third kappa shape index (κ3) is 2.68. The van der Waals surface area contributed by atoms with Crippen molar-refractivity contribution in [3.8, 4) is 0 Å². The van der Waals surface area contributed by atoms with Gasteiger partial charge in [0, 0.05) is 24.8 Å². The molecule has 1 aliphatic heterocycles. The number of nitrogens with zero attached hydrogens (tertiary/aromatic N) is 2. The van der Waals surface area contributed by atoms with Gasteiger partial charge in [0.1, 0.15) is 0 Å². The molecule has 1 aliphatic carbocycles. The SMILES string of the molecule is NC(c1cncn1C1CCC(O)CC1)C1CCOC1. The Morgan fingerprint density at radius 1 is 1.32 bits per heavy atom. The Labute approximate surface area is 113 Å². The molecule has 0 spiro atoms. The van der Waals surface area contributed by atoms with Crippen molar-refractivity contribution in [1.82, 2.24) is 9.55 Å². The summed E-state index contributed by atoms with van der Waals surface area (Å²) in [6.45, 7) is 1.58. The average molecular weight is 265 g/mol. The molecule has 0 bridgehead atoms. The number of nitrogens with two attached hydrogens (primary N) is 1. The summed E-state index contributed by atoms with van der Waals surface area (Å²) in [6.07, 6.45) is 8.49. The van der Waals surface area contributed by atoms with E-state index in [0.29, 0.717) is 12.0 Å². The smallest absolute Gasteiger partial charge is 0.0951 e. The molecular weight excluding hydrogens is 242 g/mol. The first-order valence-corrected chi connectivity index (χ1v) is 7.29. The molecule has 1 saturated heterocycles. The van der Waals surface area contributed by atoms with Gasteiger partial charge in [-0.05, 0) is 32.1 Å². The Morgan fingerprint density at radius 2 is 2.11 bits per heavy atom. The van der Waals surface area contributed by atoms with Crippen LogP contribution in [-0.4, -0.2) is 34.0 Å². The van der Waals surface area contributed by atoms with Crippen molar-refractivity contribution in [3.63, 3.8) is 0 Å².